The lowest BCUT2D eigenvalue weighted by Gasteiger charge is -2.42. The summed E-state index contributed by atoms with van der Waals surface area (Å²) in [6.45, 7) is 3.48. The standard InChI is InChI=1S/C26H25N5O2S/c32-25-24(34-26-27-18-28-31(25)26)23(21-12-7-17-33-21)30-15-13-29(14-16-30)22(19-8-3-1-4-9-19)20-10-5-2-6-11-20/h1-12,17-18,22-23,32H,13-16H2/t23-/m1/s1. The highest BCUT2D eigenvalue weighted by Gasteiger charge is 2.35. The van der Waals surface area contributed by atoms with Gasteiger partial charge in [0.25, 0.3) is 0 Å². The molecular formula is C26H25N5O2S. The van der Waals surface area contributed by atoms with E-state index < -0.39 is 0 Å². The lowest BCUT2D eigenvalue weighted by atomic mass is 9.96. The molecule has 0 unspecified atom stereocenters. The Morgan fingerprint density at radius 2 is 1.41 bits per heavy atom. The van der Waals surface area contributed by atoms with Gasteiger partial charge in [-0.1, -0.05) is 72.0 Å². The first-order chi connectivity index (χ1) is 16.8. The van der Waals surface area contributed by atoms with Crippen LogP contribution in [0.15, 0.2) is 89.8 Å². The van der Waals surface area contributed by atoms with Crippen LogP contribution >= 0.6 is 11.3 Å². The molecule has 7 nitrogen and oxygen atoms in total. The summed E-state index contributed by atoms with van der Waals surface area (Å²) in [5.41, 5.74) is 2.60. The summed E-state index contributed by atoms with van der Waals surface area (Å²) < 4.78 is 7.33. The molecule has 8 heteroatoms. The van der Waals surface area contributed by atoms with Crippen molar-refractivity contribution in [3.05, 3.63) is 107 Å². The van der Waals surface area contributed by atoms with Crippen LogP contribution in [0.2, 0.25) is 0 Å². The first kappa shape index (κ1) is 21.1. The van der Waals surface area contributed by atoms with E-state index >= 15 is 0 Å². The second-order valence-corrected chi connectivity index (χ2v) is 9.47. The van der Waals surface area contributed by atoms with Crippen molar-refractivity contribution in [2.24, 2.45) is 0 Å². The van der Waals surface area contributed by atoms with Gasteiger partial charge in [0.2, 0.25) is 10.8 Å². The number of fused-ring (bicyclic) bond motifs is 1. The lowest BCUT2D eigenvalue weighted by Crippen LogP contribution is -2.49. The minimum Gasteiger partial charge on any atom is -0.492 e. The number of hydrogen-bond donors (Lipinski definition) is 1. The molecule has 2 aromatic carbocycles. The Hall–Kier alpha value is -3.46. The maximum Gasteiger partial charge on any atom is 0.230 e. The van der Waals surface area contributed by atoms with Crippen LogP contribution in [-0.2, 0) is 0 Å². The highest BCUT2D eigenvalue weighted by molar-refractivity contribution is 7.17. The molecule has 1 aliphatic rings. The monoisotopic (exact) mass is 471 g/mol. The highest BCUT2D eigenvalue weighted by Crippen LogP contribution is 2.41. The summed E-state index contributed by atoms with van der Waals surface area (Å²) in [6.07, 6.45) is 3.15. The van der Waals surface area contributed by atoms with Crippen molar-refractivity contribution in [1.29, 1.82) is 0 Å². The van der Waals surface area contributed by atoms with Gasteiger partial charge in [0.15, 0.2) is 0 Å². The molecule has 1 N–H and O–H groups in total. The number of furan rings is 1. The van der Waals surface area contributed by atoms with Crippen LogP contribution in [0, 0.1) is 0 Å². The highest BCUT2D eigenvalue weighted by atomic mass is 32.1. The molecule has 1 fully saturated rings. The van der Waals surface area contributed by atoms with E-state index in [1.165, 1.54) is 33.3 Å². The number of hydrogen-bond acceptors (Lipinski definition) is 7. The van der Waals surface area contributed by atoms with E-state index in [1.54, 1.807) is 6.26 Å². The summed E-state index contributed by atoms with van der Waals surface area (Å²) >= 11 is 1.46. The maximum atomic E-state index is 10.9. The third-order valence-electron chi connectivity index (χ3n) is 6.51. The predicted molar refractivity (Wildman–Crippen MR) is 131 cm³/mol. The second-order valence-electron chi connectivity index (χ2n) is 8.46. The van der Waals surface area contributed by atoms with Crippen LogP contribution in [0.5, 0.6) is 5.88 Å². The topological polar surface area (TPSA) is 70.0 Å². The van der Waals surface area contributed by atoms with Crippen molar-refractivity contribution in [2.45, 2.75) is 12.1 Å². The quantitative estimate of drug-likeness (QED) is 0.391. The molecule has 0 saturated carbocycles. The molecule has 0 spiro atoms. The number of nitrogens with zero attached hydrogens (tertiary/aromatic N) is 5. The Balaban J connectivity index is 1.29. The van der Waals surface area contributed by atoms with E-state index in [9.17, 15) is 5.11 Å². The van der Waals surface area contributed by atoms with Gasteiger partial charge in [-0.25, -0.2) is 4.98 Å². The lowest BCUT2D eigenvalue weighted by molar-refractivity contribution is 0.0835. The molecule has 0 aliphatic carbocycles. The second kappa shape index (κ2) is 9.06. The van der Waals surface area contributed by atoms with E-state index in [4.69, 9.17) is 4.42 Å². The van der Waals surface area contributed by atoms with Crippen molar-refractivity contribution in [1.82, 2.24) is 24.4 Å². The van der Waals surface area contributed by atoms with E-state index in [-0.39, 0.29) is 18.0 Å². The SMILES string of the molecule is Oc1c([C@@H](c2ccco2)N2CCN(C(c3ccccc3)c3ccccc3)CC2)sc2ncnn12. The van der Waals surface area contributed by atoms with Gasteiger partial charge < -0.3 is 9.52 Å². The summed E-state index contributed by atoms with van der Waals surface area (Å²) in [6, 6.07) is 25.3. The third-order valence-corrected chi connectivity index (χ3v) is 7.60. The number of thiazole rings is 1. The fraction of sp³-hybridized carbons (Fsp3) is 0.231. The van der Waals surface area contributed by atoms with Gasteiger partial charge in [-0.05, 0) is 23.3 Å². The van der Waals surface area contributed by atoms with Crippen LogP contribution in [-0.4, -0.2) is 55.7 Å². The minimum absolute atomic E-state index is 0.132. The first-order valence-electron chi connectivity index (χ1n) is 11.4. The number of aromatic hydroxyl groups is 1. The van der Waals surface area contributed by atoms with Crippen molar-refractivity contribution in [2.75, 3.05) is 26.2 Å². The Labute approximate surface area is 201 Å². The van der Waals surface area contributed by atoms with Crippen LogP contribution in [0.25, 0.3) is 4.96 Å². The molecule has 5 aromatic rings. The van der Waals surface area contributed by atoms with Gasteiger partial charge in [0, 0.05) is 26.2 Å². The summed E-state index contributed by atoms with van der Waals surface area (Å²) in [4.78, 5) is 10.7. The van der Waals surface area contributed by atoms with Crippen molar-refractivity contribution >= 4 is 16.3 Å². The summed E-state index contributed by atoms with van der Waals surface area (Å²) in [5.74, 6) is 0.948. The Bertz CT molecular complexity index is 1300. The predicted octanol–water partition coefficient (Wildman–Crippen LogP) is 4.59. The molecular weight excluding hydrogens is 446 g/mol. The zero-order valence-electron chi connectivity index (χ0n) is 18.6. The molecule has 3 aromatic heterocycles. The fourth-order valence-electron chi connectivity index (χ4n) is 4.93. The van der Waals surface area contributed by atoms with Gasteiger partial charge in [-0.2, -0.15) is 9.61 Å². The van der Waals surface area contributed by atoms with E-state index in [2.05, 4.69) is 80.5 Å². The third kappa shape index (κ3) is 3.79. The van der Waals surface area contributed by atoms with Gasteiger partial charge in [-0.15, -0.1) is 0 Å². The van der Waals surface area contributed by atoms with Crippen LogP contribution in [0.3, 0.4) is 0 Å². The molecule has 4 heterocycles. The van der Waals surface area contributed by atoms with Crippen molar-refractivity contribution in [3.63, 3.8) is 0 Å². The molecule has 1 aliphatic heterocycles. The Morgan fingerprint density at radius 3 is 1.97 bits per heavy atom. The number of benzene rings is 2. The van der Waals surface area contributed by atoms with Crippen LogP contribution in [0.4, 0.5) is 0 Å². The molecule has 1 atom stereocenters. The van der Waals surface area contributed by atoms with E-state index in [1.807, 2.05) is 12.1 Å². The molecule has 34 heavy (non-hydrogen) atoms. The van der Waals surface area contributed by atoms with Gasteiger partial charge in [0.05, 0.1) is 17.2 Å². The Morgan fingerprint density at radius 1 is 0.794 bits per heavy atom. The van der Waals surface area contributed by atoms with Crippen LogP contribution in [0.1, 0.15) is 33.8 Å². The summed E-state index contributed by atoms with van der Waals surface area (Å²) in [5, 5.41) is 15.1. The van der Waals surface area contributed by atoms with Gasteiger partial charge in [-0.3, -0.25) is 9.80 Å². The smallest absolute Gasteiger partial charge is 0.230 e. The van der Waals surface area contributed by atoms with Crippen molar-refractivity contribution in [3.8, 4) is 5.88 Å². The number of piperazine rings is 1. The molecule has 0 amide bonds. The van der Waals surface area contributed by atoms with Gasteiger partial charge >= 0.3 is 0 Å². The summed E-state index contributed by atoms with van der Waals surface area (Å²) in [7, 11) is 0. The fourth-order valence-corrected chi connectivity index (χ4v) is 6.00. The molecule has 6 rings (SSSR count). The molecule has 0 bridgehead atoms. The average Bonchev–Trinajstić information content (AvgIpc) is 3.63. The first-order valence-corrected chi connectivity index (χ1v) is 12.2. The molecule has 0 radical (unpaired) electrons. The molecule has 172 valence electrons. The van der Waals surface area contributed by atoms with Crippen LogP contribution < -0.4 is 0 Å². The van der Waals surface area contributed by atoms with E-state index in [0.29, 0.717) is 4.96 Å². The normalized spacial score (nSPS) is 16.4. The van der Waals surface area contributed by atoms with E-state index in [0.717, 1.165) is 36.8 Å². The minimum atomic E-state index is -0.183. The van der Waals surface area contributed by atoms with Gasteiger partial charge in [0.1, 0.15) is 18.1 Å². The number of rotatable bonds is 6. The molecule has 1 saturated heterocycles. The zero-order chi connectivity index (χ0) is 22.9. The van der Waals surface area contributed by atoms with Crippen molar-refractivity contribution < 1.29 is 9.52 Å². The number of aromatic nitrogens is 3. The zero-order valence-corrected chi connectivity index (χ0v) is 19.4. The Kier molecular flexibility index (Phi) is 5.62. The average molecular weight is 472 g/mol. The maximum absolute atomic E-state index is 10.9. The largest absolute Gasteiger partial charge is 0.492 e.